The predicted molar refractivity (Wildman–Crippen MR) is 140 cm³/mol. The summed E-state index contributed by atoms with van der Waals surface area (Å²) in [7, 11) is 3.22. The third-order valence-corrected chi connectivity index (χ3v) is 6.75. The summed E-state index contributed by atoms with van der Waals surface area (Å²) in [6.45, 7) is 5.21. The second kappa shape index (κ2) is 11.5. The minimum atomic E-state index is -0.786. The lowest BCUT2D eigenvalue weighted by molar-refractivity contribution is -0.145. The van der Waals surface area contributed by atoms with Gasteiger partial charge in [0.15, 0.2) is 11.5 Å². The zero-order valence-corrected chi connectivity index (χ0v) is 21.5. The number of ether oxygens (including phenoxy) is 3. The monoisotopic (exact) mass is 489 g/mol. The van der Waals surface area contributed by atoms with Gasteiger partial charge in [-0.1, -0.05) is 66.1 Å². The third kappa shape index (κ3) is 5.65. The molecule has 2 unspecified atom stereocenters. The minimum Gasteiger partial charge on any atom is -0.493 e. The molecule has 0 radical (unpaired) electrons. The average molecular weight is 490 g/mol. The van der Waals surface area contributed by atoms with Gasteiger partial charge in [-0.25, -0.2) is 0 Å². The molecular formula is C30H35NO5. The van der Waals surface area contributed by atoms with E-state index in [1.165, 1.54) is 0 Å². The number of likely N-dealkylation sites (tertiary alicyclic amines) is 1. The molecule has 0 aliphatic carbocycles. The van der Waals surface area contributed by atoms with Crippen molar-refractivity contribution in [3.63, 3.8) is 0 Å². The second-order valence-corrected chi connectivity index (χ2v) is 9.44. The van der Waals surface area contributed by atoms with Crippen LogP contribution in [0.2, 0.25) is 0 Å². The Balaban J connectivity index is 1.81. The van der Waals surface area contributed by atoms with Gasteiger partial charge in [0.2, 0.25) is 5.75 Å². The van der Waals surface area contributed by atoms with Crippen LogP contribution in [0.4, 0.5) is 0 Å². The molecule has 1 aliphatic heterocycles. The Kier molecular flexibility index (Phi) is 8.16. The predicted octanol–water partition coefficient (Wildman–Crippen LogP) is 5.93. The Bertz CT molecular complexity index is 1150. The van der Waals surface area contributed by atoms with E-state index in [0.29, 0.717) is 36.8 Å². The van der Waals surface area contributed by atoms with Crippen molar-refractivity contribution in [1.29, 1.82) is 0 Å². The summed E-state index contributed by atoms with van der Waals surface area (Å²) in [5.74, 6) is 0.850. The van der Waals surface area contributed by atoms with E-state index in [0.717, 1.165) is 40.7 Å². The zero-order chi connectivity index (χ0) is 25.7. The topological polar surface area (TPSA) is 68.2 Å². The van der Waals surface area contributed by atoms with Gasteiger partial charge < -0.3 is 19.3 Å². The van der Waals surface area contributed by atoms with Crippen molar-refractivity contribution in [3.05, 3.63) is 88.5 Å². The summed E-state index contributed by atoms with van der Waals surface area (Å²) in [6, 6.07) is 19.4. The Hall–Kier alpha value is -3.51. The number of carbonyl (C=O) groups is 1. The average Bonchev–Trinajstić information content (AvgIpc) is 2.87. The molecule has 4 rings (SSSR count). The van der Waals surface area contributed by atoms with Crippen molar-refractivity contribution in [1.82, 2.24) is 4.90 Å². The molecule has 2 atom stereocenters. The minimum absolute atomic E-state index is 0.268. The summed E-state index contributed by atoms with van der Waals surface area (Å²) < 4.78 is 17.7. The van der Waals surface area contributed by atoms with Crippen LogP contribution in [0.15, 0.2) is 60.7 Å². The molecule has 0 spiro atoms. The van der Waals surface area contributed by atoms with E-state index >= 15 is 0 Å². The summed E-state index contributed by atoms with van der Waals surface area (Å²) in [6.07, 6.45) is 2.49. The van der Waals surface area contributed by atoms with E-state index in [-0.39, 0.29) is 6.04 Å². The molecule has 0 amide bonds. The molecule has 0 saturated carbocycles. The van der Waals surface area contributed by atoms with Gasteiger partial charge in [-0.05, 0) is 62.1 Å². The Morgan fingerprint density at radius 1 is 0.944 bits per heavy atom. The number of aliphatic carboxylic acids is 1. The molecule has 36 heavy (non-hydrogen) atoms. The summed E-state index contributed by atoms with van der Waals surface area (Å²) in [4.78, 5) is 14.4. The molecule has 190 valence electrons. The van der Waals surface area contributed by atoms with Gasteiger partial charge in [0.05, 0.1) is 20.3 Å². The Morgan fingerprint density at radius 2 is 1.56 bits per heavy atom. The Morgan fingerprint density at radius 3 is 2.14 bits per heavy atom. The van der Waals surface area contributed by atoms with Gasteiger partial charge in [-0.3, -0.25) is 9.69 Å². The van der Waals surface area contributed by atoms with Gasteiger partial charge >= 0.3 is 5.97 Å². The first-order chi connectivity index (χ1) is 17.4. The van der Waals surface area contributed by atoms with Crippen molar-refractivity contribution < 1.29 is 24.1 Å². The molecular weight excluding hydrogens is 454 g/mol. The third-order valence-electron chi connectivity index (χ3n) is 6.75. The first-order valence-electron chi connectivity index (χ1n) is 12.4. The fraction of sp³-hybridized carbons (Fsp3) is 0.367. The van der Waals surface area contributed by atoms with E-state index < -0.39 is 12.0 Å². The number of carboxylic acid groups (broad SMARTS) is 1. The highest BCUT2D eigenvalue weighted by Gasteiger charge is 2.36. The second-order valence-electron chi connectivity index (χ2n) is 9.44. The number of hydrogen-bond acceptors (Lipinski definition) is 5. The molecule has 6 heteroatoms. The van der Waals surface area contributed by atoms with Gasteiger partial charge in [0.25, 0.3) is 0 Å². The van der Waals surface area contributed by atoms with Crippen LogP contribution in [0.1, 0.15) is 53.1 Å². The molecule has 0 bridgehead atoms. The van der Waals surface area contributed by atoms with Crippen molar-refractivity contribution in [2.24, 2.45) is 0 Å². The Labute approximate surface area is 213 Å². The van der Waals surface area contributed by atoms with Crippen molar-refractivity contribution in [3.8, 4) is 17.2 Å². The number of methoxy groups -OCH3 is 2. The lowest BCUT2D eigenvalue weighted by atomic mass is 9.90. The molecule has 1 heterocycles. The van der Waals surface area contributed by atoms with Gasteiger partial charge in [-0.2, -0.15) is 0 Å². The van der Waals surface area contributed by atoms with Gasteiger partial charge in [0.1, 0.15) is 12.6 Å². The molecule has 0 aromatic heterocycles. The van der Waals surface area contributed by atoms with Gasteiger partial charge in [0, 0.05) is 0 Å². The number of aryl methyl sites for hydroxylation is 2. The first kappa shape index (κ1) is 25.6. The lowest BCUT2D eigenvalue weighted by Crippen LogP contribution is -2.46. The van der Waals surface area contributed by atoms with Crippen LogP contribution in [0.3, 0.4) is 0 Å². The smallest absolute Gasteiger partial charge is 0.320 e. The summed E-state index contributed by atoms with van der Waals surface area (Å²) >= 11 is 0. The van der Waals surface area contributed by atoms with Crippen molar-refractivity contribution >= 4 is 5.97 Å². The first-order valence-corrected chi connectivity index (χ1v) is 12.4. The van der Waals surface area contributed by atoms with E-state index in [2.05, 4.69) is 36.9 Å². The van der Waals surface area contributed by atoms with Crippen LogP contribution in [-0.2, 0) is 11.4 Å². The molecule has 1 N–H and O–H groups in total. The van der Waals surface area contributed by atoms with E-state index in [9.17, 15) is 9.90 Å². The fourth-order valence-corrected chi connectivity index (χ4v) is 5.20. The van der Waals surface area contributed by atoms with Crippen LogP contribution in [0.25, 0.3) is 0 Å². The number of hydrogen-bond donors (Lipinski definition) is 1. The van der Waals surface area contributed by atoms with Crippen molar-refractivity contribution in [2.45, 2.75) is 51.8 Å². The standard InChI is InChI=1S/C30H35NO5/c1-20-14-21(2)16-23(15-20)28(31-13-9-8-12-25(31)30(32)33)24-17-26(34-3)29(27(18-24)35-4)36-19-22-10-6-5-7-11-22/h5-7,10-11,14-18,25,28H,8-9,12-13,19H2,1-4H3,(H,32,33). The van der Waals surface area contributed by atoms with Crippen LogP contribution in [-0.4, -0.2) is 42.8 Å². The maximum Gasteiger partial charge on any atom is 0.320 e. The SMILES string of the molecule is COc1cc(C(c2cc(C)cc(C)c2)N2CCCCC2C(=O)O)cc(OC)c1OCc1ccccc1. The molecule has 6 nitrogen and oxygen atoms in total. The number of nitrogens with zero attached hydrogens (tertiary/aromatic N) is 1. The van der Waals surface area contributed by atoms with Crippen LogP contribution in [0.5, 0.6) is 17.2 Å². The summed E-state index contributed by atoms with van der Waals surface area (Å²) in [5.41, 5.74) is 5.29. The summed E-state index contributed by atoms with van der Waals surface area (Å²) in [5, 5.41) is 10.1. The highest BCUT2D eigenvalue weighted by molar-refractivity contribution is 5.74. The highest BCUT2D eigenvalue weighted by Crippen LogP contribution is 2.44. The lowest BCUT2D eigenvalue weighted by Gasteiger charge is -2.40. The largest absolute Gasteiger partial charge is 0.493 e. The van der Waals surface area contributed by atoms with E-state index in [4.69, 9.17) is 14.2 Å². The maximum absolute atomic E-state index is 12.3. The molecule has 1 saturated heterocycles. The molecule has 3 aromatic carbocycles. The number of piperidine rings is 1. The zero-order valence-electron chi connectivity index (χ0n) is 21.5. The maximum atomic E-state index is 12.3. The van der Waals surface area contributed by atoms with E-state index in [1.807, 2.05) is 42.5 Å². The van der Waals surface area contributed by atoms with Crippen LogP contribution < -0.4 is 14.2 Å². The van der Waals surface area contributed by atoms with Crippen LogP contribution >= 0.6 is 0 Å². The van der Waals surface area contributed by atoms with Crippen molar-refractivity contribution in [2.75, 3.05) is 20.8 Å². The normalized spacial score (nSPS) is 16.8. The molecule has 1 fully saturated rings. The number of carboxylic acids is 1. The molecule has 1 aliphatic rings. The van der Waals surface area contributed by atoms with Gasteiger partial charge in [-0.15, -0.1) is 0 Å². The highest BCUT2D eigenvalue weighted by atomic mass is 16.5. The number of benzene rings is 3. The molecule has 3 aromatic rings. The quantitative estimate of drug-likeness (QED) is 0.402. The van der Waals surface area contributed by atoms with Crippen LogP contribution in [0, 0.1) is 13.8 Å². The fourth-order valence-electron chi connectivity index (χ4n) is 5.20. The van der Waals surface area contributed by atoms with E-state index in [1.54, 1.807) is 14.2 Å². The number of rotatable bonds is 9.